The molecule has 0 saturated carbocycles. The molecule has 4 nitrogen and oxygen atoms in total. The van der Waals surface area contributed by atoms with Crippen molar-refractivity contribution in [2.75, 3.05) is 6.54 Å². The Morgan fingerprint density at radius 2 is 1.86 bits per heavy atom. The fourth-order valence-corrected chi connectivity index (χ4v) is 2.09. The minimum Gasteiger partial charge on any atom is -0.437 e. The van der Waals surface area contributed by atoms with Crippen molar-refractivity contribution in [3.05, 3.63) is 60.6 Å². The Labute approximate surface area is 123 Å². The Bertz CT molecular complexity index is 725. The average molecular weight is 279 g/mol. The Morgan fingerprint density at radius 3 is 2.62 bits per heavy atom. The molecule has 0 radical (unpaired) electrons. The highest BCUT2D eigenvalue weighted by atomic mass is 16.5. The molecule has 3 aromatic rings. The van der Waals surface area contributed by atoms with Crippen molar-refractivity contribution in [3.63, 3.8) is 0 Å². The highest BCUT2D eigenvalue weighted by molar-refractivity contribution is 5.83. The second kappa shape index (κ2) is 6.33. The van der Waals surface area contributed by atoms with Crippen molar-refractivity contribution in [1.29, 1.82) is 0 Å². The van der Waals surface area contributed by atoms with E-state index >= 15 is 0 Å². The van der Waals surface area contributed by atoms with Crippen LogP contribution in [0.15, 0.2) is 54.9 Å². The van der Waals surface area contributed by atoms with E-state index in [1.807, 2.05) is 30.3 Å². The minimum atomic E-state index is 0.505. The summed E-state index contributed by atoms with van der Waals surface area (Å²) >= 11 is 0. The molecule has 0 spiro atoms. The molecule has 0 fully saturated rings. The summed E-state index contributed by atoms with van der Waals surface area (Å²) in [4.78, 5) is 8.61. The third kappa shape index (κ3) is 3.35. The first-order chi connectivity index (χ1) is 10.3. The van der Waals surface area contributed by atoms with E-state index in [9.17, 15) is 0 Å². The molecule has 21 heavy (non-hydrogen) atoms. The van der Waals surface area contributed by atoms with Gasteiger partial charge in [-0.2, -0.15) is 0 Å². The van der Waals surface area contributed by atoms with Gasteiger partial charge in [0.2, 0.25) is 5.88 Å². The highest BCUT2D eigenvalue weighted by Crippen LogP contribution is 2.24. The molecule has 0 saturated heterocycles. The van der Waals surface area contributed by atoms with Gasteiger partial charge >= 0.3 is 0 Å². The van der Waals surface area contributed by atoms with Gasteiger partial charge in [-0.25, -0.2) is 4.98 Å². The quantitative estimate of drug-likeness (QED) is 0.776. The molecule has 0 aliphatic heterocycles. The normalized spacial score (nSPS) is 10.7. The van der Waals surface area contributed by atoms with Gasteiger partial charge in [-0.05, 0) is 29.4 Å². The number of hydrogen-bond acceptors (Lipinski definition) is 4. The predicted molar refractivity (Wildman–Crippen MR) is 83.4 cm³/mol. The number of rotatable bonds is 5. The van der Waals surface area contributed by atoms with Crippen LogP contribution in [0, 0.1) is 0 Å². The molecular formula is C17H17N3O. The van der Waals surface area contributed by atoms with Crippen molar-refractivity contribution in [2.45, 2.75) is 13.5 Å². The van der Waals surface area contributed by atoms with Gasteiger partial charge < -0.3 is 10.1 Å². The van der Waals surface area contributed by atoms with Crippen molar-refractivity contribution in [3.8, 4) is 11.6 Å². The van der Waals surface area contributed by atoms with Gasteiger partial charge in [0.25, 0.3) is 0 Å². The minimum absolute atomic E-state index is 0.505. The number of nitrogens with one attached hydrogen (secondary N) is 1. The second-order valence-corrected chi connectivity index (χ2v) is 4.74. The number of fused-ring (bicyclic) bond motifs is 1. The van der Waals surface area contributed by atoms with Gasteiger partial charge in [-0.3, -0.25) is 4.98 Å². The van der Waals surface area contributed by atoms with E-state index in [1.54, 1.807) is 12.4 Å². The molecular weight excluding hydrogens is 262 g/mol. The van der Waals surface area contributed by atoms with Crippen LogP contribution >= 0.6 is 0 Å². The van der Waals surface area contributed by atoms with Gasteiger partial charge in [0.15, 0.2) is 0 Å². The summed E-state index contributed by atoms with van der Waals surface area (Å²) in [6.45, 7) is 3.70. The molecule has 0 bridgehead atoms. The smallest absolute Gasteiger partial charge is 0.237 e. The first-order valence-corrected chi connectivity index (χ1v) is 7.03. The summed E-state index contributed by atoms with van der Waals surface area (Å²) in [5.74, 6) is 1.27. The Balaban J connectivity index is 1.75. The van der Waals surface area contributed by atoms with Crippen LogP contribution in [0.25, 0.3) is 10.8 Å². The predicted octanol–water partition coefficient (Wildman–Crippen LogP) is 3.53. The molecule has 4 heteroatoms. The number of aromatic nitrogens is 2. The van der Waals surface area contributed by atoms with Crippen molar-refractivity contribution in [2.24, 2.45) is 0 Å². The van der Waals surface area contributed by atoms with Gasteiger partial charge in [-0.1, -0.05) is 37.3 Å². The third-order valence-corrected chi connectivity index (χ3v) is 3.18. The molecule has 0 atom stereocenters. The first kappa shape index (κ1) is 13.5. The monoisotopic (exact) mass is 279 g/mol. The lowest BCUT2D eigenvalue weighted by molar-refractivity contribution is 0.459. The van der Waals surface area contributed by atoms with Crippen LogP contribution in [0.1, 0.15) is 12.6 Å². The molecule has 0 amide bonds. The molecule has 106 valence electrons. The molecule has 2 aromatic carbocycles. The van der Waals surface area contributed by atoms with Crippen LogP contribution in [0.2, 0.25) is 0 Å². The van der Waals surface area contributed by atoms with E-state index in [1.165, 1.54) is 5.39 Å². The van der Waals surface area contributed by atoms with Gasteiger partial charge in [-0.15, -0.1) is 0 Å². The SMILES string of the molecule is CCNCc1cnc(Oc2ccc3ccccc3c2)cn1. The average Bonchev–Trinajstić information content (AvgIpc) is 2.54. The molecule has 1 aromatic heterocycles. The summed E-state index contributed by atoms with van der Waals surface area (Å²) in [5.41, 5.74) is 0.905. The van der Waals surface area contributed by atoms with E-state index in [2.05, 4.69) is 34.3 Å². The van der Waals surface area contributed by atoms with Crippen molar-refractivity contribution >= 4 is 10.8 Å². The highest BCUT2D eigenvalue weighted by Gasteiger charge is 2.02. The van der Waals surface area contributed by atoms with Crippen LogP contribution in [0.4, 0.5) is 0 Å². The number of benzene rings is 2. The van der Waals surface area contributed by atoms with Crippen molar-refractivity contribution in [1.82, 2.24) is 15.3 Å². The Kier molecular flexibility index (Phi) is 4.07. The number of nitrogens with zero attached hydrogens (tertiary/aromatic N) is 2. The lowest BCUT2D eigenvalue weighted by atomic mass is 10.1. The topological polar surface area (TPSA) is 47.0 Å². The largest absolute Gasteiger partial charge is 0.437 e. The van der Waals surface area contributed by atoms with E-state index in [0.717, 1.165) is 29.9 Å². The molecule has 0 aliphatic rings. The van der Waals surface area contributed by atoms with Crippen LogP contribution in [-0.2, 0) is 6.54 Å². The van der Waals surface area contributed by atoms with Crippen molar-refractivity contribution < 1.29 is 4.74 Å². The maximum Gasteiger partial charge on any atom is 0.237 e. The maximum atomic E-state index is 5.75. The van der Waals surface area contributed by atoms with E-state index in [4.69, 9.17) is 4.74 Å². The maximum absolute atomic E-state index is 5.75. The zero-order valence-electron chi connectivity index (χ0n) is 11.9. The van der Waals surface area contributed by atoms with Crippen LogP contribution in [0.5, 0.6) is 11.6 Å². The second-order valence-electron chi connectivity index (χ2n) is 4.74. The zero-order valence-corrected chi connectivity index (χ0v) is 11.9. The molecule has 0 unspecified atom stereocenters. The summed E-state index contributed by atoms with van der Waals surface area (Å²) in [6.07, 6.45) is 3.39. The molecule has 1 heterocycles. The third-order valence-electron chi connectivity index (χ3n) is 3.18. The summed E-state index contributed by atoms with van der Waals surface area (Å²) in [5, 5.41) is 5.55. The zero-order chi connectivity index (χ0) is 14.5. The fourth-order valence-electron chi connectivity index (χ4n) is 2.09. The Hall–Kier alpha value is -2.46. The van der Waals surface area contributed by atoms with Crippen LogP contribution in [0.3, 0.4) is 0 Å². The lowest BCUT2D eigenvalue weighted by Gasteiger charge is -2.06. The number of ether oxygens (including phenoxy) is 1. The summed E-state index contributed by atoms with van der Waals surface area (Å²) in [7, 11) is 0. The van der Waals surface area contributed by atoms with E-state index in [0.29, 0.717) is 5.88 Å². The molecule has 3 rings (SSSR count). The van der Waals surface area contributed by atoms with Crippen LogP contribution in [-0.4, -0.2) is 16.5 Å². The van der Waals surface area contributed by atoms with E-state index in [-0.39, 0.29) is 0 Å². The van der Waals surface area contributed by atoms with E-state index < -0.39 is 0 Å². The summed E-state index contributed by atoms with van der Waals surface area (Å²) < 4.78 is 5.75. The standard InChI is InChI=1S/C17H17N3O/c1-2-18-10-15-11-20-17(12-19-15)21-16-8-7-13-5-3-4-6-14(13)9-16/h3-9,11-12,18H,2,10H2,1H3. The van der Waals surface area contributed by atoms with Gasteiger partial charge in [0, 0.05) is 6.54 Å². The number of hydrogen-bond donors (Lipinski definition) is 1. The van der Waals surface area contributed by atoms with Crippen LogP contribution < -0.4 is 10.1 Å². The fraction of sp³-hybridized carbons (Fsp3) is 0.176. The molecule has 1 N–H and O–H groups in total. The molecule has 0 aliphatic carbocycles. The van der Waals surface area contributed by atoms with Gasteiger partial charge in [0.05, 0.1) is 18.1 Å². The summed E-state index contributed by atoms with van der Waals surface area (Å²) in [6, 6.07) is 14.2. The lowest BCUT2D eigenvalue weighted by Crippen LogP contribution is -2.13. The first-order valence-electron chi connectivity index (χ1n) is 7.03. The Morgan fingerprint density at radius 1 is 1.00 bits per heavy atom. The van der Waals surface area contributed by atoms with Gasteiger partial charge in [0.1, 0.15) is 5.75 Å².